The molecule has 8 nitrogen and oxygen atoms in total. The van der Waals surface area contributed by atoms with Crippen LogP contribution < -0.4 is 19.7 Å². The molecule has 9 heteroatoms. The Kier molecular flexibility index (Phi) is 6.79. The van der Waals surface area contributed by atoms with E-state index in [0.717, 1.165) is 12.8 Å². The van der Waals surface area contributed by atoms with E-state index >= 15 is 0 Å². The van der Waals surface area contributed by atoms with Crippen LogP contribution in [0.4, 0.5) is 11.4 Å². The van der Waals surface area contributed by atoms with Gasteiger partial charge >= 0.3 is 5.97 Å². The molecule has 0 bridgehead atoms. The second-order valence-corrected chi connectivity index (χ2v) is 8.53. The summed E-state index contributed by atoms with van der Waals surface area (Å²) in [7, 11) is 2.96. The van der Waals surface area contributed by atoms with Crippen LogP contribution in [0, 0.1) is 0 Å². The van der Waals surface area contributed by atoms with Gasteiger partial charge in [0.1, 0.15) is 5.54 Å². The third kappa shape index (κ3) is 4.33. The number of hydrogen-bond acceptors (Lipinski definition) is 6. The number of halogens is 1. The van der Waals surface area contributed by atoms with Crippen LogP contribution in [-0.2, 0) is 19.1 Å². The van der Waals surface area contributed by atoms with Crippen LogP contribution in [0.5, 0.6) is 11.5 Å². The van der Waals surface area contributed by atoms with Crippen LogP contribution in [0.3, 0.4) is 0 Å². The van der Waals surface area contributed by atoms with Gasteiger partial charge in [0, 0.05) is 6.08 Å². The zero-order valence-corrected chi connectivity index (χ0v) is 19.7. The van der Waals surface area contributed by atoms with Gasteiger partial charge in [0.25, 0.3) is 11.8 Å². The quantitative estimate of drug-likeness (QED) is 0.487. The number of anilines is 2. The Morgan fingerprint density at radius 2 is 1.88 bits per heavy atom. The lowest BCUT2D eigenvalue weighted by Crippen LogP contribution is -2.61. The average Bonchev–Trinajstić information content (AvgIpc) is 3.32. The van der Waals surface area contributed by atoms with Crippen molar-refractivity contribution in [2.45, 2.75) is 31.2 Å². The Balaban J connectivity index is 1.48. The van der Waals surface area contributed by atoms with Crippen LogP contribution >= 0.6 is 11.6 Å². The Hall–Kier alpha value is -3.52. The Labute approximate surface area is 202 Å². The Morgan fingerprint density at radius 1 is 1.15 bits per heavy atom. The highest BCUT2D eigenvalue weighted by atomic mass is 35.5. The topological polar surface area (TPSA) is 94.2 Å². The smallest absolute Gasteiger partial charge is 0.331 e. The summed E-state index contributed by atoms with van der Waals surface area (Å²) in [6.45, 7) is -0.487. The number of ether oxygens (including phenoxy) is 3. The molecule has 2 aliphatic rings. The average molecular weight is 485 g/mol. The standard InChI is InChI=1S/C25H25ClN2O6/c1-32-20-14-16(13-17(26)23(20)33-2)9-10-22(30)34-15-21(29)28-19-8-4-3-7-18(19)27-24(31)25(28)11-5-6-12-25/h3-4,7-10,13-14H,5-6,11-12,15H2,1-2H3,(H,27,31)/b10-9+. The summed E-state index contributed by atoms with van der Waals surface area (Å²) in [4.78, 5) is 40.1. The van der Waals surface area contributed by atoms with E-state index in [1.54, 1.807) is 30.3 Å². The van der Waals surface area contributed by atoms with E-state index < -0.39 is 24.0 Å². The van der Waals surface area contributed by atoms with Gasteiger partial charge in [-0.15, -0.1) is 0 Å². The van der Waals surface area contributed by atoms with Crippen molar-refractivity contribution >= 4 is 46.8 Å². The minimum absolute atomic E-state index is 0.200. The number of hydrogen-bond donors (Lipinski definition) is 1. The first-order valence-electron chi connectivity index (χ1n) is 10.9. The summed E-state index contributed by atoms with van der Waals surface area (Å²) in [6, 6.07) is 10.4. The third-order valence-electron chi connectivity index (χ3n) is 6.13. The monoisotopic (exact) mass is 484 g/mol. The minimum atomic E-state index is -0.954. The molecule has 0 radical (unpaired) electrons. The van der Waals surface area contributed by atoms with Crippen LogP contribution in [-0.4, -0.2) is 44.1 Å². The highest BCUT2D eigenvalue weighted by molar-refractivity contribution is 6.32. The maximum atomic E-state index is 13.2. The number of fused-ring (bicyclic) bond motifs is 1. The fourth-order valence-electron chi connectivity index (χ4n) is 4.57. The SMILES string of the molecule is COc1cc(/C=C/C(=O)OCC(=O)N2c3ccccc3NC(=O)C23CCCC3)cc(Cl)c1OC. The van der Waals surface area contributed by atoms with Gasteiger partial charge in [0.2, 0.25) is 0 Å². The van der Waals surface area contributed by atoms with Crippen molar-refractivity contribution in [3.05, 3.63) is 53.1 Å². The Bertz CT molecular complexity index is 1160. The molecule has 1 aliphatic heterocycles. The first kappa shape index (κ1) is 23.6. The van der Waals surface area contributed by atoms with Crippen molar-refractivity contribution in [2.24, 2.45) is 0 Å². The largest absolute Gasteiger partial charge is 0.493 e. The molecule has 2 aromatic rings. The number of esters is 1. The first-order valence-corrected chi connectivity index (χ1v) is 11.3. The second kappa shape index (κ2) is 9.77. The summed E-state index contributed by atoms with van der Waals surface area (Å²) in [5.74, 6) is -0.536. The molecule has 0 atom stereocenters. The molecule has 0 saturated heterocycles. The maximum absolute atomic E-state index is 13.2. The van der Waals surface area contributed by atoms with Gasteiger partial charge in [0.05, 0.1) is 30.6 Å². The van der Waals surface area contributed by atoms with Crippen molar-refractivity contribution in [3.8, 4) is 11.5 Å². The molecule has 1 heterocycles. The molecule has 34 heavy (non-hydrogen) atoms. The van der Waals surface area contributed by atoms with E-state index in [4.69, 9.17) is 25.8 Å². The summed E-state index contributed by atoms with van der Waals surface area (Å²) in [6.07, 6.45) is 5.51. The maximum Gasteiger partial charge on any atom is 0.331 e. The predicted octanol–water partition coefficient (Wildman–Crippen LogP) is 4.21. The second-order valence-electron chi connectivity index (χ2n) is 8.12. The number of benzene rings is 2. The first-order chi connectivity index (χ1) is 16.4. The fourth-order valence-corrected chi connectivity index (χ4v) is 4.87. The number of nitrogens with zero attached hydrogens (tertiary/aromatic N) is 1. The summed E-state index contributed by atoms with van der Waals surface area (Å²) < 4.78 is 15.7. The molecular weight excluding hydrogens is 460 g/mol. The number of methoxy groups -OCH3 is 2. The van der Waals surface area contributed by atoms with Gasteiger partial charge in [-0.2, -0.15) is 0 Å². The van der Waals surface area contributed by atoms with E-state index in [1.165, 1.54) is 31.3 Å². The lowest BCUT2D eigenvalue weighted by molar-refractivity contribution is -0.143. The van der Waals surface area contributed by atoms with Gasteiger partial charge < -0.3 is 19.5 Å². The van der Waals surface area contributed by atoms with Crippen molar-refractivity contribution < 1.29 is 28.6 Å². The van der Waals surface area contributed by atoms with Gasteiger partial charge in [-0.25, -0.2) is 4.79 Å². The summed E-state index contributed by atoms with van der Waals surface area (Å²) in [5, 5.41) is 3.25. The van der Waals surface area contributed by atoms with E-state index in [2.05, 4.69) is 5.32 Å². The predicted molar refractivity (Wildman–Crippen MR) is 128 cm³/mol. The fraction of sp³-hybridized carbons (Fsp3) is 0.320. The molecule has 1 aliphatic carbocycles. The van der Waals surface area contributed by atoms with E-state index in [9.17, 15) is 14.4 Å². The number of amides is 2. The highest BCUT2D eigenvalue weighted by Crippen LogP contribution is 2.45. The van der Waals surface area contributed by atoms with E-state index in [0.29, 0.717) is 46.3 Å². The van der Waals surface area contributed by atoms with Crippen molar-refractivity contribution in [1.29, 1.82) is 0 Å². The van der Waals surface area contributed by atoms with Crippen LogP contribution in [0.15, 0.2) is 42.5 Å². The number of carbonyl (C=O) groups excluding carboxylic acids is 3. The van der Waals surface area contributed by atoms with Crippen LogP contribution in [0.2, 0.25) is 5.02 Å². The number of rotatable bonds is 6. The lowest BCUT2D eigenvalue weighted by atomic mass is 9.90. The molecule has 178 valence electrons. The number of para-hydroxylation sites is 2. The molecule has 1 spiro atoms. The molecular formula is C25H25ClN2O6. The normalized spacial score (nSPS) is 16.3. The molecule has 1 N–H and O–H groups in total. The van der Waals surface area contributed by atoms with Crippen molar-refractivity contribution in [3.63, 3.8) is 0 Å². The highest BCUT2D eigenvalue weighted by Gasteiger charge is 2.52. The number of carbonyl (C=O) groups is 3. The third-order valence-corrected chi connectivity index (χ3v) is 6.41. The molecule has 2 aromatic carbocycles. The van der Waals surface area contributed by atoms with Gasteiger partial charge in [-0.05, 0) is 48.7 Å². The molecule has 0 unspecified atom stereocenters. The number of nitrogens with one attached hydrogen (secondary N) is 1. The molecule has 0 aromatic heterocycles. The van der Waals surface area contributed by atoms with E-state index in [-0.39, 0.29) is 5.91 Å². The van der Waals surface area contributed by atoms with Gasteiger partial charge in [-0.1, -0.05) is 36.6 Å². The summed E-state index contributed by atoms with van der Waals surface area (Å²) >= 11 is 6.19. The minimum Gasteiger partial charge on any atom is -0.493 e. The Morgan fingerprint density at radius 3 is 2.59 bits per heavy atom. The van der Waals surface area contributed by atoms with Crippen LogP contribution in [0.1, 0.15) is 31.2 Å². The van der Waals surface area contributed by atoms with Crippen LogP contribution in [0.25, 0.3) is 6.08 Å². The van der Waals surface area contributed by atoms with Gasteiger partial charge in [-0.3, -0.25) is 14.5 Å². The zero-order valence-electron chi connectivity index (χ0n) is 18.9. The lowest BCUT2D eigenvalue weighted by Gasteiger charge is -2.44. The van der Waals surface area contributed by atoms with Crippen molar-refractivity contribution in [1.82, 2.24) is 0 Å². The van der Waals surface area contributed by atoms with Gasteiger partial charge in [0.15, 0.2) is 18.1 Å². The molecule has 2 amide bonds. The van der Waals surface area contributed by atoms with Crippen molar-refractivity contribution in [2.75, 3.05) is 31.0 Å². The summed E-state index contributed by atoms with van der Waals surface area (Å²) in [5.41, 5.74) is 0.817. The molecule has 1 saturated carbocycles. The zero-order chi connectivity index (χ0) is 24.3. The molecule has 4 rings (SSSR count). The molecule has 1 fully saturated rings. The van der Waals surface area contributed by atoms with E-state index in [1.807, 2.05) is 6.07 Å².